The highest BCUT2D eigenvalue weighted by molar-refractivity contribution is 5.56. The minimum Gasteiger partial charge on any atom is -0.369 e. The topological polar surface area (TPSA) is 29.3 Å². The van der Waals surface area contributed by atoms with E-state index in [0.29, 0.717) is 11.1 Å². The van der Waals surface area contributed by atoms with Crippen molar-refractivity contribution in [3.05, 3.63) is 29.6 Å². The first-order chi connectivity index (χ1) is 8.41. The van der Waals surface area contributed by atoms with Gasteiger partial charge in [0.15, 0.2) is 0 Å². The Morgan fingerprint density at radius 1 is 1.28 bits per heavy atom. The second-order valence-electron chi connectivity index (χ2n) is 6.12. The highest BCUT2D eigenvalue weighted by atomic mass is 19.1. The lowest BCUT2D eigenvalue weighted by Gasteiger charge is -2.39. The molecular formula is C15H23FN2. The molecule has 0 amide bonds. The number of piperidine rings is 1. The van der Waals surface area contributed by atoms with Crippen molar-refractivity contribution in [2.75, 3.05) is 18.0 Å². The number of anilines is 1. The molecule has 1 aliphatic rings. The number of hydrogen-bond donors (Lipinski definition) is 1. The number of para-hydroxylation sites is 1. The van der Waals surface area contributed by atoms with Crippen molar-refractivity contribution in [1.29, 1.82) is 0 Å². The highest BCUT2D eigenvalue weighted by Gasteiger charge is 2.28. The van der Waals surface area contributed by atoms with Crippen molar-refractivity contribution >= 4 is 5.69 Å². The monoisotopic (exact) mass is 250 g/mol. The number of nitrogens with two attached hydrogens (primary N) is 1. The van der Waals surface area contributed by atoms with Gasteiger partial charge in [0.25, 0.3) is 0 Å². The smallest absolute Gasteiger partial charge is 0.146 e. The van der Waals surface area contributed by atoms with Crippen molar-refractivity contribution in [2.45, 2.75) is 39.7 Å². The van der Waals surface area contributed by atoms with Gasteiger partial charge in [0, 0.05) is 19.1 Å². The summed E-state index contributed by atoms with van der Waals surface area (Å²) >= 11 is 0. The van der Waals surface area contributed by atoms with Crippen molar-refractivity contribution in [2.24, 2.45) is 11.1 Å². The summed E-state index contributed by atoms with van der Waals surface area (Å²) in [6.45, 7) is 8.28. The third kappa shape index (κ3) is 2.66. The minimum absolute atomic E-state index is 0.134. The van der Waals surface area contributed by atoms with Crippen molar-refractivity contribution in [3.8, 4) is 0 Å². The number of nitrogens with zero attached hydrogens (tertiary/aromatic N) is 1. The maximum absolute atomic E-state index is 14.1. The summed E-state index contributed by atoms with van der Waals surface area (Å²) < 4.78 is 14.1. The van der Waals surface area contributed by atoms with Gasteiger partial charge < -0.3 is 10.6 Å². The first kappa shape index (κ1) is 13.3. The fourth-order valence-corrected chi connectivity index (χ4v) is 2.57. The summed E-state index contributed by atoms with van der Waals surface area (Å²) in [5, 5.41) is 0. The molecule has 1 fully saturated rings. The first-order valence-electron chi connectivity index (χ1n) is 6.70. The molecule has 2 rings (SSSR count). The molecular weight excluding hydrogens is 227 g/mol. The Labute approximate surface area is 109 Å². The van der Waals surface area contributed by atoms with Gasteiger partial charge in [-0.15, -0.1) is 0 Å². The van der Waals surface area contributed by atoms with E-state index in [1.807, 2.05) is 13.0 Å². The molecule has 1 atom stereocenters. The van der Waals surface area contributed by atoms with Crippen molar-refractivity contribution in [1.82, 2.24) is 0 Å². The van der Waals surface area contributed by atoms with Crippen LogP contribution in [0.15, 0.2) is 18.2 Å². The predicted molar refractivity (Wildman–Crippen MR) is 74.2 cm³/mol. The lowest BCUT2D eigenvalue weighted by atomic mass is 9.82. The van der Waals surface area contributed by atoms with E-state index in [1.165, 1.54) is 6.07 Å². The van der Waals surface area contributed by atoms with Crippen LogP contribution in [0, 0.1) is 11.2 Å². The third-order valence-electron chi connectivity index (χ3n) is 3.94. The van der Waals surface area contributed by atoms with Crippen LogP contribution in [0.3, 0.4) is 0 Å². The summed E-state index contributed by atoms with van der Waals surface area (Å²) in [7, 11) is 0. The largest absolute Gasteiger partial charge is 0.369 e. The summed E-state index contributed by atoms with van der Waals surface area (Å²) in [5.74, 6) is -0.149. The minimum atomic E-state index is -0.149. The average molecular weight is 250 g/mol. The van der Waals surface area contributed by atoms with E-state index in [2.05, 4.69) is 18.7 Å². The van der Waals surface area contributed by atoms with E-state index < -0.39 is 0 Å². The summed E-state index contributed by atoms with van der Waals surface area (Å²) in [6, 6.07) is 5.07. The van der Waals surface area contributed by atoms with Gasteiger partial charge in [-0.25, -0.2) is 4.39 Å². The van der Waals surface area contributed by atoms with Crippen LogP contribution in [-0.2, 0) is 0 Å². The Kier molecular flexibility index (Phi) is 3.62. The maximum atomic E-state index is 14.1. The number of rotatable bonds is 2. The molecule has 1 saturated heterocycles. The van der Waals surface area contributed by atoms with Crippen LogP contribution in [0.2, 0.25) is 0 Å². The maximum Gasteiger partial charge on any atom is 0.146 e. The van der Waals surface area contributed by atoms with Crippen LogP contribution < -0.4 is 10.6 Å². The fourth-order valence-electron chi connectivity index (χ4n) is 2.57. The Hall–Kier alpha value is -1.09. The molecule has 2 N–H and O–H groups in total. The second kappa shape index (κ2) is 4.88. The number of hydrogen-bond acceptors (Lipinski definition) is 2. The van der Waals surface area contributed by atoms with Crippen LogP contribution in [-0.4, -0.2) is 13.1 Å². The van der Waals surface area contributed by atoms with Crippen LogP contribution >= 0.6 is 0 Å². The molecule has 1 aromatic rings. The Morgan fingerprint density at radius 2 is 1.89 bits per heavy atom. The zero-order valence-electron chi connectivity index (χ0n) is 11.5. The van der Waals surface area contributed by atoms with E-state index in [-0.39, 0.29) is 11.9 Å². The highest BCUT2D eigenvalue weighted by Crippen LogP contribution is 2.35. The van der Waals surface area contributed by atoms with Gasteiger partial charge in [-0.2, -0.15) is 0 Å². The van der Waals surface area contributed by atoms with Crippen molar-refractivity contribution < 1.29 is 4.39 Å². The molecule has 0 aromatic heterocycles. The molecule has 1 aromatic carbocycles. The van der Waals surface area contributed by atoms with Crippen LogP contribution in [0.5, 0.6) is 0 Å². The Morgan fingerprint density at radius 3 is 2.44 bits per heavy atom. The molecule has 0 unspecified atom stereocenters. The summed E-state index contributed by atoms with van der Waals surface area (Å²) in [5.41, 5.74) is 7.94. The number of halogens is 1. The molecule has 0 radical (unpaired) electrons. The van der Waals surface area contributed by atoms with Gasteiger partial charge in [0.05, 0.1) is 5.69 Å². The molecule has 0 bridgehead atoms. The SMILES string of the molecule is C[C@H](N)c1cccc(F)c1N1CCC(C)(C)CC1. The quantitative estimate of drug-likeness (QED) is 0.870. The Balaban J connectivity index is 2.28. The molecule has 2 nitrogen and oxygen atoms in total. The van der Waals surface area contributed by atoms with Crippen molar-refractivity contribution in [3.63, 3.8) is 0 Å². The second-order valence-corrected chi connectivity index (χ2v) is 6.12. The van der Waals surface area contributed by atoms with E-state index in [0.717, 1.165) is 31.5 Å². The normalized spacial score (nSPS) is 20.8. The van der Waals surface area contributed by atoms with Crippen LogP contribution in [0.25, 0.3) is 0 Å². The molecule has 18 heavy (non-hydrogen) atoms. The lowest BCUT2D eigenvalue weighted by molar-refractivity contribution is 0.278. The van der Waals surface area contributed by atoms with Crippen LogP contribution in [0.4, 0.5) is 10.1 Å². The van der Waals surface area contributed by atoms with Gasteiger partial charge >= 0.3 is 0 Å². The average Bonchev–Trinajstić information content (AvgIpc) is 2.29. The van der Waals surface area contributed by atoms with E-state index in [9.17, 15) is 4.39 Å². The standard InChI is InChI=1S/C15H23FN2/c1-11(17)12-5-4-6-13(16)14(12)18-9-7-15(2,3)8-10-18/h4-6,11H,7-10,17H2,1-3H3/t11-/m0/s1. The Bertz CT molecular complexity index is 417. The first-order valence-corrected chi connectivity index (χ1v) is 6.70. The molecule has 1 heterocycles. The van der Waals surface area contributed by atoms with Gasteiger partial charge in [-0.1, -0.05) is 26.0 Å². The number of benzene rings is 1. The fraction of sp³-hybridized carbons (Fsp3) is 0.600. The molecule has 3 heteroatoms. The molecule has 100 valence electrons. The molecule has 0 aliphatic carbocycles. The van der Waals surface area contributed by atoms with E-state index in [4.69, 9.17) is 5.73 Å². The zero-order valence-corrected chi connectivity index (χ0v) is 11.5. The van der Waals surface area contributed by atoms with E-state index in [1.54, 1.807) is 6.07 Å². The lowest BCUT2D eigenvalue weighted by Crippen LogP contribution is -2.38. The molecule has 0 saturated carbocycles. The third-order valence-corrected chi connectivity index (χ3v) is 3.94. The van der Waals surface area contributed by atoms with Gasteiger partial charge in [-0.05, 0) is 36.8 Å². The van der Waals surface area contributed by atoms with Gasteiger partial charge in [0.2, 0.25) is 0 Å². The predicted octanol–water partition coefficient (Wildman–Crippen LogP) is 3.47. The summed E-state index contributed by atoms with van der Waals surface area (Å²) in [4.78, 5) is 2.15. The zero-order chi connectivity index (χ0) is 13.3. The summed E-state index contributed by atoms with van der Waals surface area (Å²) in [6.07, 6.45) is 2.19. The molecule has 0 spiro atoms. The van der Waals surface area contributed by atoms with Crippen LogP contribution in [0.1, 0.15) is 45.2 Å². The van der Waals surface area contributed by atoms with E-state index >= 15 is 0 Å². The van der Waals surface area contributed by atoms with Gasteiger partial charge in [-0.3, -0.25) is 0 Å². The molecule has 1 aliphatic heterocycles. The van der Waals surface area contributed by atoms with Gasteiger partial charge in [0.1, 0.15) is 5.82 Å².